The first-order valence-corrected chi connectivity index (χ1v) is 10.6. The van der Waals surface area contributed by atoms with Gasteiger partial charge in [0.05, 0.1) is 11.0 Å². The van der Waals surface area contributed by atoms with Crippen molar-refractivity contribution >= 4 is 23.4 Å². The number of hydrogen-bond donors (Lipinski definition) is 0. The molecule has 2 aliphatic rings. The second-order valence-electron chi connectivity index (χ2n) is 7.77. The van der Waals surface area contributed by atoms with Crippen molar-refractivity contribution in [3.8, 4) is 0 Å². The maximum Gasteiger partial charge on any atom is 0.256 e. The fraction of sp³-hybridized carbons (Fsp3) is 0.391. The minimum Gasteiger partial charge on any atom is -0.381 e. The molecule has 30 heavy (non-hydrogen) atoms. The number of halogens is 2. The van der Waals surface area contributed by atoms with Crippen LogP contribution in [-0.2, 0) is 14.9 Å². The fourth-order valence-electron chi connectivity index (χ4n) is 4.35. The topological polar surface area (TPSA) is 49.9 Å². The van der Waals surface area contributed by atoms with Gasteiger partial charge in [0.1, 0.15) is 5.82 Å². The number of carbonyl (C=O) groups excluding carboxylic acids is 2. The van der Waals surface area contributed by atoms with Crippen LogP contribution in [0.25, 0.3) is 0 Å². The molecule has 0 bridgehead atoms. The van der Waals surface area contributed by atoms with Gasteiger partial charge >= 0.3 is 0 Å². The van der Waals surface area contributed by atoms with E-state index in [-0.39, 0.29) is 17.4 Å². The molecule has 0 aromatic heterocycles. The van der Waals surface area contributed by atoms with Crippen LogP contribution in [0, 0.1) is 5.82 Å². The highest BCUT2D eigenvalue weighted by atomic mass is 35.5. The molecule has 0 atom stereocenters. The molecule has 158 valence electrons. The first kappa shape index (κ1) is 20.8. The van der Waals surface area contributed by atoms with Gasteiger partial charge in [-0.2, -0.15) is 0 Å². The zero-order valence-corrected chi connectivity index (χ0v) is 17.4. The van der Waals surface area contributed by atoms with Crippen LogP contribution in [0.15, 0.2) is 48.5 Å². The van der Waals surface area contributed by atoms with Crippen LogP contribution in [0.3, 0.4) is 0 Å². The second kappa shape index (κ2) is 8.74. The summed E-state index contributed by atoms with van der Waals surface area (Å²) < 4.78 is 19.5. The van der Waals surface area contributed by atoms with Gasteiger partial charge in [0.2, 0.25) is 5.91 Å². The fourth-order valence-corrected chi connectivity index (χ4v) is 4.54. The predicted molar refractivity (Wildman–Crippen MR) is 112 cm³/mol. The highest BCUT2D eigenvalue weighted by Crippen LogP contribution is 2.38. The first-order valence-electron chi connectivity index (χ1n) is 10.2. The van der Waals surface area contributed by atoms with Gasteiger partial charge in [-0.3, -0.25) is 9.59 Å². The van der Waals surface area contributed by atoms with Gasteiger partial charge in [-0.15, -0.1) is 0 Å². The van der Waals surface area contributed by atoms with Gasteiger partial charge in [0.15, 0.2) is 0 Å². The highest BCUT2D eigenvalue weighted by Gasteiger charge is 2.45. The van der Waals surface area contributed by atoms with Crippen LogP contribution >= 0.6 is 11.6 Å². The van der Waals surface area contributed by atoms with Gasteiger partial charge in [-0.1, -0.05) is 35.9 Å². The van der Waals surface area contributed by atoms with E-state index in [0.29, 0.717) is 57.3 Å². The molecule has 0 aliphatic carbocycles. The monoisotopic (exact) mass is 430 g/mol. The standard InChI is InChI=1S/C23H24ClFN2O3/c24-18-5-3-4-17(16-18)23(8-14-30-15-9-23)22(29)27-12-10-26(11-13-27)21(28)19-6-1-2-7-20(19)25/h1-7,16H,8-15H2. The summed E-state index contributed by atoms with van der Waals surface area (Å²) >= 11 is 6.21. The zero-order valence-electron chi connectivity index (χ0n) is 16.7. The summed E-state index contributed by atoms with van der Waals surface area (Å²) in [6, 6.07) is 13.5. The Bertz CT molecular complexity index is 938. The Hall–Kier alpha value is -2.44. The molecule has 2 amide bonds. The van der Waals surface area contributed by atoms with Crippen LogP contribution in [-0.4, -0.2) is 61.0 Å². The summed E-state index contributed by atoms with van der Waals surface area (Å²) in [5, 5.41) is 0.603. The summed E-state index contributed by atoms with van der Waals surface area (Å²) in [6.45, 7) is 2.63. The summed E-state index contributed by atoms with van der Waals surface area (Å²) in [6.07, 6.45) is 1.20. The summed E-state index contributed by atoms with van der Waals surface area (Å²) in [5.41, 5.74) is 0.311. The quantitative estimate of drug-likeness (QED) is 0.748. The molecule has 0 saturated carbocycles. The zero-order chi connectivity index (χ0) is 21.1. The molecule has 0 N–H and O–H groups in total. The minimum atomic E-state index is -0.666. The molecule has 0 unspecified atom stereocenters. The van der Waals surface area contributed by atoms with Gasteiger partial charge in [-0.05, 0) is 42.7 Å². The van der Waals surface area contributed by atoms with Gasteiger partial charge < -0.3 is 14.5 Å². The SMILES string of the molecule is O=C(c1ccccc1F)N1CCN(C(=O)C2(c3cccc(Cl)c3)CCOCC2)CC1. The maximum atomic E-state index is 14.0. The molecule has 2 heterocycles. The largest absolute Gasteiger partial charge is 0.381 e. The van der Waals surface area contributed by atoms with E-state index in [1.54, 1.807) is 23.1 Å². The van der Waals surface area contributed by atoms with Crippen molar-refractivity contribution in [1.82, 2.24) is 9.80 Å². The summed E-state index contributed by atoms with van der Waals surface area (Å²) in [5.74, 6) is -0.815. The molecule has 0 radical (unpaired) electrons. The van der Waals surface area contributed by atoms with Crippen molar-refractivity contribution in [3.63, 3.8) is 0 Å². The predicted octanol–water partition coefficient (Wildman–Crippen LogP) is 3.51. The maximum absolute atomic E-state index is 14.0. The Morgan fingerprint density at radius 3 is 2.27 bits per heavy atom. The van der Waals surface area contributed by atoms with Crippen molar-refractivity contribution in [2.75, 3.05) is 39.4 Å². The average molecular weight is 431 g/mol. The molecule has 2 aromatic carbocycles. The van der Waals surface area contributed by atoms with Crippen LogP contribution in [0.5, 0.6) is 0 Å². The lowest BCUT2D eigenvalue weighted by atomic mass is 9.73. The van der Waals surface area contributed by atoms with Crippen LogP contribution in [0.4, 0.5) is 4.39 Å². The Balaban J connectivity index is 1.50. The summed E-state index contributed by atoms with van der Waals surface area (Å²) in [4.78, 5) is 29.7. The van der Waals surface area contributed by atoms with Crippen LogP contribution < -0.4 is 0 Å². The minimum absolute atomic E-state index is 0.0473. The van der Waals surface area contributed by atoms with E-state index in [2.05, 4.69) is 0 Å². The molecule has 2 aromatic rings. The molecule has 2 aliphatic heterocycles. The number of hydrogen-bond acceptors (Lipinski definition) is 3. The molecule has 5 nitrogen and oxygen atoms in total. The lowest BCUT2D eigenvalue weighted by Crippen LogP contribution is -2.56. The number of piperazine rings is 1. The molecular weight excluding hydrogens is 407 g/mol. The molecule has 2 fully saturated rings. The number of nitrogens with zero attached hydrogens (tertiary/aromatic N) is 2. The third-order valence-corrected chi connectivity index (χ3v) is 6.33. The number of benzene rings is 2. The van der Waals surface area contributed by atoms with E-state index in [0.717, 1.165) is 5.56 Å². The second-order valence-corrected chi connectivity index (χ2v) is 8.21. The van der Waals surface area contributed by atoms with Crippen molar-refractivity contribution in [2.24, 2.45) is 0 Å². The molecule has 2 saturated heterocycles. The van der Waals surface area contributed by atoms with Crippen molar-refractivity contribution < 1.29 is 18.7 Å². The number of ether oxygens (including phenoxy) is 1. The van der Waals surface area contributed by atoms with Crippen LogP contribution in [0.2, 0.25) is 5.02 Å². The van der Waals surface area contributed by atoms with E-state index in [1.807, 2.05) is 23.1 Å². The van der Waals surface area contributed by atoms with Crippen molar-refractivity contribution in [1.29, 1.82) is 0 Å². The highest BCUT2D eigenvalue weighted by molar-refractivity contribution is 6.30. The smallest absolute Gasteiger partial charge is 0.256 e. The van der Waals surface area contributed by atoms with E-state index >= 15 is 0 Å². The molecule has 7 heteroatoms. The number of amides is 2. The molecule has 0 spiro atoms. The van der Waals surface area contributed by atoms with E-state index in [4.69, 9.17) is 16.3 Å². The Morgan fingerprint density at radius 1 is 0.933 bits per heavy atom. The average Bonchev–Trinajstić information content (AvgIpc) is 2.79. The Labute approximate surface area is 180 Å². The number of rotatable bonds is 3. The Morgan fingerprint density at radius 2 is 1.60 bits per heavy atom. The van der Waals surface area contributed by atoms with Crippen LogP contribution in [0.1, 0.15) is 28.8 Å². The normalized spacial score (nSPS) is 18.9. The van der Waals surface area contributed by atoms with Crippen molar-refractivity contribution in [2.45, 2.75) is 18.3 Å². The van der Waals surface area contributed by atoms with Crippen molar-refractivity contribution in [3.05, 3.63) is 70.5 Å². The van der Waals surface area contributed by atoms with Gasteiger partial charge in [0, 0.05) is 44.4 Å². The van der Waals surface area contributed by atoms with Gasteiger partial charge in [0.25, 0.3) is 5.91 Å². The molecular formula is C23H24ClFN2O3. The van der Waals surface area contributed by atoms with E-state index in [9.17, 15) is 14.0 Å². The van der Waals surface area contributed by atoms with E-state index < -0.39 is 11.2 Å². The number of carbonyl (C=O) groups is 2. The lowest BCUT2D eigenvalue weighted by Gasteiger charge is -2.43. The lowest BCUT2D eigenvalue weighted by molar-refractivity contribution is -0.142. The van der Waals surface area contributed by atoms with Gasteiger partial charge in [-0.25, -0.2) is 4.39 Å². The van der Waals surface area contributed by atoms with E-state index in [1.165, 1.54) is 12.1 Å². The third kappa shape index (κ3) is 3.94. The first-order chi connectivity index (χ1) is 14.5. The third-order valence-electron chi connectivity index (χ3n) is 6.09. The Kier molecular flexibility index (Phi) is 6.06. The molecule has 4 rings (SSSR count). The summed E-state index contributed by atoms with van der Waals surface area (Å²) in [7, 11) is 0.